The van der Waals surface area contributed by atoms with Crippen molar-refractivity contribution < 1.29 is 0 Å². The van der Waals surface area contributed by atoms with Gasteiger partial charge in [0.2, 0.25) is 0 Å². The van der Waals surface area contributed by atoms with Crippen molar-refractivity contribution in [2.45, 2.75) is 13.8 Å². The van der Waals surface area contributed by atoms with E-state index in [0.29, 0.717) is 0 Å². The summed E-state index contributed by atoms with van der Waals surface area (Å²) in [4.78, 5) is 4.38. The van der Waals surface area contributed by atoms with Gasteiger partial charge in [-0.1, -0.05) is 27.5 Å². The molecule has 0 fully saturated rings. The first-order valence-electron chi connectivity index (χ1n) is 4.30. The van der Waals surface area contributed by atoms with Crippen LogP contribution in [0.25, 0.3) is 10.9 Å². The fraction of sp³-hybridized carbons (Fsp3) is 0.182. The summed E-state index contributed by atoms with van der Waals surface area (Å²) in [6.45, 7) is 4.00. The Morgan fingerprint density at radius 1 is 1.21 bits per heavy atom. The van der Waals surface area contributed by atoms with Gasteiger partial charge >= 0.3 is 0 Å². The molecule has 2 aromatic rings. The molecule has 0 aliphatic rings. The number of nitrogens with zero attached hydrogens (tertiary/aromatic N) is 1. The van der Waals surface area contributed by atoms with Crippen molar-refractivity contribution in [2.24, 2.45) is 0 Å². The zero-order chi connectivity index (χ0) is 10.3. The van der Waals surface area contributed by atoms with Crippen LogP contribution in [0, 0.1) is 13.8 Å². The number of hydrogen-bond donors (Lipinski definition) is 0. The fourth-order valence-electron chi connectivity index (χ4n) is 1.50. The minimum atomic E-state index is 0.791. The van der Waals surface area contributed by atoms with E-state index in [1.54, 1.807) is 0 Å². The van der Waals surface area contributed by atoms with Crippen molar-refractivity contribution in [2.75, 3.05) is 0 Å². The maximum absolute atomic E-state index is 6.21. The monoisotopic (exact) mass is 269 g/mol. The molecule has 2 rings (SSSR count). The molecule has 3 heteroatoms. The van der Waals surface area contributed by atoms with Gasteiger partial charge in [-0.25, -0.2) is 0 Å². The van der Waals surface area contributed by atoms with Crippen LogP contribution in [0.1, 0.15) is 11.1 Å². The average molecular weight is 271 g/mol. The van der Waals surface area contributed by atoms with Crippen molar-refractivity contribution in [3.63, 3.8) is 0 Å². The number of hydrogen-bond acceptors (Lipinski definition) is 1. The first-order chi connectivity index (χ1) is 6.59. The van der Waals surface area contributed by atoms with E-state index in [-0.39, 0.29) is 0 Å². The summed E-state index contributed by atoms with van der Waals surface area (Å²) in [5, 5.41) is 1.80. The molecule has 0 aliphatic heterocycles. The van der Waals surface area contributed by atoms with Crippen LogP contribution < -0.4 is 0 Å². The molecule has 14 heavy (non-hydrogen) atoms. The molecule has 0 amide bonds. The van der Waals surface area contributed by atoms with Crippen molar-refractivity contribution >= 4 is 38.4 Å². The summed E-state index contributed by atoms with van der Waals surface area (Å²) in [6, 6.07) is 4.05. The molecule has 1 heterocycles. The van der Waals surface area contributed by atoms with Crippen LogP contribution in [0.15, 0.2) is 22.8 Å². The Kier molecular flexibility index (Phi) is 2.50. The Morgan fingerprint density at radius 2 is 1.93 bits per heavy atom. The first kappa shape index (κ1) is 9.94. The van der Waals surface area contributed by atoms with Gasteiger partial charge < -0.3 is 0 Å². The normalized spacial score (nSPS) is 10.9. The summed E-state index contributed by atoms with van der Waals surface area (Å²) in [5.74, 6) is 0. The molecule has 0 aliphatic carbocycles. The van der Waals surface area contributed by atoms with Crippen molar-refractivity contribution in [3.8, 4) is 0 Å². The summed E-state index contributed by atoms with van der Waals surface area (Å²) in [6.07, 6.45) is 1.81. The van der Waals surface area contributed by atoms with E-state index in [1.165, 1.54) is 0 Å². The molecule has 0 N–H and O–H groups in total. The summed E-state index contributed by atoms with van der Waals surface area (Å²) in [7, 11) is 0. The smallest absolute Gasteiger partial charge is 0.0747 e. The van der Waals surface area contributed by atoms with Gasteiger partial charge in [-0.3, -0.25) is 4.98 Å². The predicted octanol–water partition coefficient (Wildman–Crippen LogP) is 4.27. The highest BCUT2D eigenvalue weighted by Crippen LogP contribution is 2.29. The van der Waals surface area contributed by atoms with E-state index >= 15 is 0 Å². The van der Waals surface area contributed by atoms with E-state index in [2.05, 4.69) is 20.9 Å². The summed E-state index contributed by atoms with van der Waals surface area (Å²) >= 11 is 9.66. The lowest BCUT2D eigenvalue weighted by Crippen LogP contribution is -1.87. The predicted molar refractivity (Wildman–Crippen MR) is 63.9 cm³/mol. The van der Waals surface area contributed by atoms with Crippen LogP contribution in [-0.2, 0) is 0 Å². The van der Waals surface area contributed by atoms with Crippen molar-refractivity contribution in [1.29, 1.82) is 0 Å². The van der Waals surface area contributed by atoms with Crippen LogP contribution in [-0.4, -0.2) is 4.98 Å². The molecule has 0 saturated carbocycles. The van der Waals surface area contributed by atoms with E-state index in [4.69, 9.17) is 11.6 Å². The second kappa shape index (κ2) is 3.52. The van der Waals surface area contributed by atoms with Crippen LogP contribution in [0.5, 0.6) is 0 Å². The van der Waals surface area contributed by atoms with Gasteiger partial charge in [-0.05, 0) is 37.1 Å². The third-order valence-corrected chi connectivity index (χ3v) is 3.19. The van der Waals surface area contributed by atoms with Crippen molar-refractivity contribution in [1.82, 2.24) is 4.98 Å². The number of aromatic nitrogens is 1. The molecule has 1 aromatic heterocycles. The molecule has 0 saturated heterocycles. The molecule has 0 spiro atoms. The molecule has 0 radical (unpaired) electrons. The maximum atomic E-state index is 6.21. The highest BCUT2D eigenvalue weighted by atomic mass is 79.9. The lowest BCUT2D eigenvalue weighted by Gasteiger charge is -2.06. The third kappa shape index (κ3) is 1.53. The number of aryl methyl sites for hydroxylation is 2. The van der Waals surface area contributed by atoms with Gasteiger partial charge in [-0.2, -0.15) is 0 Å². The lowest BCUT2D eigenvalue weighted by molar-refractivity contribution is 1.31. The maximum Gasteiger partial charge on any atom is 0.0747 e. The van der Waals surface area contributed by atoms with Crippen molar-refractivity contribution in [3.05, 3.63) is 39.0 Å². The SMILES string of the molecule is Cc1cnc2c(C)cc(Br)cc2c1Cl. The molecule has 0 bridgehead atoms. The third-order valence-electron chi connectivity index (χ3n) is 2.24. The Hall–Kier alpha value is -0.600. The zero-order valence-corrected chi connectivity index (χ0v) is 10.3. The number of benzene rings is 1. The Morgan fingerprint density at radius 3 is 2.64 bits per heavy atom. The van der Waals surface area contributed by atoms with Gasteiger partial charge in [-0.15, -0.1) is 0 Å². The quantitative estimate of drug-likeness (QED) is 0.697. The molecule has 1 aromatic carbocycles. The molecular weight excluding hydrogens is 261 g/mol. The standard InChI is InChI=1S/C11H9BrClN/c1-6-3-8(12)4-9-10(13)7(2)5-14-11(6)9/h3-5H,1-2H3. The van der Waals surface area contributed by atoms with E-state index in [0.717, 1.165) is 31.5 Å². The largest absolute Gasteiger partial charge is 0.256 e. The topological polar surface area (TPSA) is 12.9 Å². The fourth-order valence-corrected chi connectivity index (χ4v) is 2.27. The molecule has 1 nitrogen and oxygen atoms in total. The van der Waals surface area contributed by atoms with E-state index in [1.807, 2.05) is 32.2 Å². The Labute approximate surface area is 96.2 Å². The number of pyridine rings is 1. The number of fused-ring (bicyclic) bond motifs is 1. The molecule has 72 valence electrons. The lowest BCUT2D eigenvalue weighted by atomic mass is 10.1. The first-order valence-corrected chi connectivity index (χ1v) is 5.47. The van der Waals surface area contributed by atoms with Crippen LogP contribution in [0.2, 0.25) is 5.02 Å². The Balaban J connectivity index is 2.95. The highest BCUT2D eigenvalue weighted by molar-refractivity contribution is 9.10. The number of halogens is 2. The van der Waals surface area contributed by atoms with Gasteiger partial charge in [0.1, 0.15) is 0 Å². The van der Waals surface area contributed by atoms with E-state index in [9.17, 15) is 0 Å². The molecule has 0 unspecified atom stereocenters. The minimum absolute atomic E-state index is 0.791. The van der Waals surface area contributed by atoms with E-state index < -0.39 is 0 Å². The van der Waals surface area contributed by atoms with Crippen LogP contribution >= 0.6 is 27.5 Å². The second-order valence-corrected chi connectivity index (χ2v) is 4.67. The zero-order valence-electron chi connectivity index (χ0n) is 7.94. The Bertz CT molecular complexity index is 508. The van der Waals surface area contributed by atoms with Gasteiger partial charge in [0.15, 0.2) is 0 Å². The molecular formula is C11H9BrClN. The van der Waals surface area contributed by atoms with Gasteiger partial charge in [0.05, 0.1) is 10.5 Å². The van der Waals surface area contributed by atoms with Crippen LogP contribution in [0.4, 0.5) is 0 Å². The van der Waals surface area contributed by atoms with Gasteiger partial charge in [0, 0.05) is 16.1 Å². The highest BCUT2D eigenvalue weighted by Gasteiger charge is 2.06. The number of rotatable bonds is 0. The molecule has 0 atom stereocenters. The minimum Gasteiger partial charge on any atom is -0.256 e. The van der Waals surface area contributed by atoms with Gasteiger partial charge in [0.25, 0.3) is 0 Å². The summed E-state index contributed by atoms with van der Waals surface area (Å²) in [5.41, 5.74) is 3.12. The summed E-state index contributed by atoms with van der Waals surface area (Å²) < 4.78 is 1.04. The second-order valence-electron chi connectivity index (χ2n) is 3.37. The van der Waals surface area contributed by atoms with Crippen LogP contribution in [0.3, 0.4) is 0 Å². The average Bonchev–Trinajstić information content (AvgIpc) is 2.12.